The van der Waals surface area contributed by atoms with E-state index in [1.807, 2.05) is 6.92 Å². The van der Waals surface area contributed by atoms with Gasteiger partial charge in [0.25, 0.3) is 5.69 Å². The first kappa shape index (κ1) is 20.1. The van der Waals surface area contributed by atoms with Gasteiger partial charge in [0.15, 0.2) is 5.11 Å². The minimum atomic E-state index is -0.982. The number of hydrogen-bond donors (Lipinski definition) is 4. The summed E-state index contributed by atoms with van der Waals surface area (Å²) in [5.41, 5.74) is 5.88. The minimum absolute atomic E-state index is 0.117. The number of benzene rings is 2. The Bertz CT molecular complexity index is 904. The number of amides is 2. The summed E-state index contributed by atoms with van der Waals surface area (Å²) in [6.45, 7) is 1.89. The molecule has 0 aliphatic heterocycles. The fourth-order valence-corrected chi connectivity index (χ4v) is 2.20. The van der Waals surface area contributed by atoms with Crippen molar-refractivity contribution in [3.05, 3.63) is 63.2 Å². The Morgan fingerprint density at radius 1 is 1.04 bits per heavy atom. The summed E-state index contributed by atoms with van der Waals surface area (Å²) in [5, 5.41) is 15.9. The van der Waals surface area contributed by atoms with Gasteiger partial charge in [-0.1, -0.05) is 29.3 Å². The number of nitrogens with zero attached hydrogens (tertiary/aromatic N) is 1. The van der Waals surface area contributed by atoms with Gasteiger partial charge in [-0.05, 0) is 37.3 Å². The first-order valence-corrected chi connectivity index (χ1v) is 8.24. The molecule has 0 saturated carbocycles. The molecule has 0 bridgehead atoms. The summed E-state index contributed by atoms with van der Waals surface area (Å²) in [4.78, 5) is 33.8. The number of thiocarbonyl (C=S) groups is 1. The van der Waals surface area contributed by atoms with Crippen LogP contribution in [0.3, 0.4) is 0 Å². The fraction of sp³-hybridized carbons (Fsp3) is 0.0625. The number of carbonyl (C=O) groups is 2. The van der Waals surface area contributed by atoms with Crippen LogP contribution in [-0.2, 0) is 9.59 Å². The lowest BCUT2D eigenvalue weighted by Crippen LogP contribution is -2.48. The zero-order valence-electron chi connectivity index (χ0n) is 13.9. The van der Waals surface area contributed by atoms with Crippen LogP contribution in [0.4, 0.5) is 17.1 Å². The predicted octanol–water partition coefficient (Wildman–Crippen LogP) is 2.51. The van der Waals surface area contributed by atoms with Crippen LogP contribution >= 0.6 is 23.8 Å². The van der Waals surface area contributed by atoms with Gasteiger partial charge < -0.3 is 10.6 Å². The van der Waals surface area contributed by atoms with Crippen LogP contribution in [-0.4, -0.2) is 21.9 Å². The number of hydrogen-bond acceptors (Lipinski definition) is 5. The lowest BCUT2D eigenvalue weighted by molar-refractivity contribution is -0.384. The highest BCUT2D eigenvalue weighted by Crippen LogP contribution is 2.26. The van der Waals surface area contributed by atoms with Gasteiger partial charge in [-0.25, -0.2) is 0 Å². The van der Waals surface area contributed by atoms with Crippen LogP contribution < -0.4 is 21.5 Å². The number of nitro benzene ring substituents is 1. The van der Waals surface area contributed by atoms with Gasteiger partial charge in [0.05, 0.1) is 15.6 Å². The summed E-state index contributed by atoms with van der Waals surface area (Å²) in [6, 6.07) is 10.6. The van der Waals surface area contributed by atoms with Crippen LogP contribution in [0.25, 0.3) is 0 Å². The van der Waals surface area contributed by atoms with Gasteiger partial charge in [0, 0.05) is 17.8 Å². The average Bonchev–Trinajstić information content (AvgIpc) is 2.63. The molecule has 0 radical (unpaired) electrons. The van der Waals surface area contributed by atoms with E-state index in [0.717, 1.165) is 5.56 Å². The molecule has 0 aliphatic carbocycles. The predicted molar refractivity (Wildman–Crippen MR) is 105 cm³/mol. The maximum absolute atomic E-state index is 11.8. The van der Waals surface area contributed by atoms with E-state index in [2.05, 4.69) is 21.5 Å². The Hall–Kier alpha value is -3.24. The first-order valence-electron chi connectivity index (χ1n) is 7.45. The SMILES string of the molecule is Cc1ccc(NC(=O)C(=O)NNC(=S)Nc2cc([N+](=O)[O-])ccc2Cl)cc1. The molecule has 2 aromatic rings. The van der Waals surface area contributed by atoms with Gasteiger partial charge in [0.1, 0.15) is 0 Å². The molecule has 9 nitrogen and oxygen atoms in total. The molecule has 27 heavy (non-hydrogen) atoms. The standard InChI is InChI=1S/C16H14ClN5O4S/c1-9-2-4-10(5-3-9)18-14(23)15(24)20-21-16(27)19-13-8-11(22(25)26)6-7-12(13)17/h2-8H,1H3,(H,18,23)(H,20,24)(H2,19,21,27). The molecule has 0 atom stereocenters. The number of non-ortho nitro benzene ring substituents is 1. The molecule has 0 spiro atoms. The lowest BCUT2D eigenvalue weighted by atomic mass is 10.2. The Labute approximate surface area is 164 Å². The number of hydrazine groups is 1. The van der Waals surface area contributed by atoms with Crippen LogP contribution in [0.1, 0.15) is 5.56 Å². The highest BCUT2D eigenvalue weighted by Gasteiger charge is 2.15. The molecule has 0 saturated heterocycles. The number of halogens is 1. The Morgan fingerprint density at radius 3 is 2.33 bits per heavy atom. The highest BCUT2D eigenvalue weighted by atomic mass is 35.5. The van der Waals surface area contributed by atoms with E-state index in [0.29, 0.717) is 5.69 Å². The molecular weight excluding hydrogens is 394 g/mol. The summed E-state index contributed by atoms with van der Waals surface area (Å²) >= 11 is 10.9. The topological polar surface area (TPSA) is 125 Å². The van der Waals surface area contributed by atoms with Crippen molar-refractivity contribution in [3.63, 3.8) is 0 Å². The van der Waals surface area contributed by atoms with E-state index in [-0.39, 0.29) is 21.5 Å². The van der Waals surface area contributed by atoms with Gasteiger partial charge >= 0.3 is 11.8 Å². The zero-order valence-corrected chi connectivity index (χ0v) is 15.5. The normalized spacial score (nSPS) is 9.85. The monoisotopic (exact) mass is 407 g/mol. The van der Waals surface area contributed by atoms with Gasteiger partial charge in [-0.3, -0.25) is 30.6 Å². The summed E-state index contributed by atoms with van der Waals surface area (Å²) in [5.74, 6) is -1.88. The van der Waals surface area contributed by atoms with Crippen LogP contribution in [0.5, 0.6) is 0 Å². The molecule has 0 fully saturated rings. The Morgan fingerprint density at radius 2 is 1.70 bits per heavy atom. The Balaban J connectivity index is 1.88. The second kappa shape index (κ2) is 8.92. The molecule has 0 unspecified atom stereocenters. The second-order valence-electron chi connectivity index (χ2n) is 5.27. The molecule has 0 aromatic heterocycles. The smallest absolute Gasteiger partial charge is 0.328 e. The van der Waals surface area contributed by atoms with Crippen molar-refractivity contribution in [2.75, 3.05) is 10.6 Å². The molecule has 140 valence electrons. The summed E-state index contributed by atoms with van der Waals surface area (Å²) in [7, 11) is 0. The van der Waals surface area contributed by atoms with Crippen molar-refractivity contribution in [1.82, 2.24) is 10.9 Å². The third-order valence-corrected chi connectivity index (χ3v) is 3.75. The third kappa shape index (κ3) is 5.90. The highest BCUT2D eigenvalue weighted by molar-refractivity contribution is 7.80. The van der Waals surface area contributed by atoms with Crippen LogP contribution in [0, 0.1) is 17.0 Å². The van der Waals surface area contributed by atoms with Gasteiger partial charge in [-0.2, -0.15) is 0 Å². The fourth-order valence-electron chi connectivity index (χ4n) is 1.87. The number of aryl methyl sites for hydroxylation is 1. The number of carbonyl (C=O) groups excluding carboxylic acids is 2. The van der Waals surface area contributed by atoms with Crippen molar-refractivity contribution < 1.29 is 14.5 Å². The molecule has 0 aliphatic rings. The van der Waals surface area contributed by atoms with Crippen molar-refractivity contribution in [3.8, 4) is 0 Å². The van der Waals surface area contributed by atoms with E-state index in [4.69, 9.17) is 23.8 Å². The first-order chi connectivity index (χ1) is 12.8. The van der Waals surface area contributed by atoms with E-state index < -0.39 is 16.7 Å². The maximum atomic E-state index is 11.8. The van der Waals surface area contributed by atoms with Crippen LogP contribution in [0.15, 0.2) is 42.5 Å². The molecule has 0 heterocycles. The second-order valence-corrected chi connectivity index (χ2v) is 6.09. The molecule has 2 amide bonds. The van der Waals surface area contributed by atoms with E-state index >= 15 is 0 Å². The number of nitrogens with one attached hydrogen (secondary N) is 4. The lowest BCUT2D eigenvalue weighted by Gasteiger charge is -2.12. The average molecular weight is 408 g/mol. The molecule has 2 aromatic carbocycles. The number of nitro groups is 1. The molecule has 4 N–H and O–H groups in total. The van der Waals surface area contributed by atoms with E-state index in [9.17, 15) is 19.7 Å². The molecular formula is C16H14ClN5O4S. The summed E-state index contributed by atoms with van der Waals surface area (Å²) in [6.07, 6.45) is 0. The number of anilines is 2. The van der Waals surface area contributed by atoms with E-state index in [1.54, 1.807) is 24.3 Å². The van der Waals surface area contributed by atoms with Crippen molar-refractivity contribution in [2.45, 2.75) is 6.92 Å². The van der Waals surface area contributed by atoms with Gasteiger partial charge in [-0.15, -0.1) is 0 Å². The number of rotatable bonds is 3. The summed E-state index contributed by atoms with van der Waals surface area (Å²) < 4.78 is 0. The molecule has 11 heteroatoms. The molecule has 2 rings (SSSR count). The quantitative estimate of drug-likeness (QED) is 0.266. The third-order valence-electron chi connectivity index (χ3n) is 3.21. The largest absolute Gasteiger partial charge is 0.330 e. The maximum Gasteiger partial charge on any atom is 0.328 e. The minimum Gasteiger partial charge on any atom is -0.330 e. The van der Waals surface area contributed by atoms with Crippen molar-refractivity contribution in [2.24, 2.45) is 0 Å². The van der Waals surface area contributed by atoms with Crippen molar-refractivity contribution >= 4 is 57.8 Å². The van der Waals surface area contributed by atoms with Gasteiger partial charge in [0.2, 0.25) is 0 Å². The Kier molecular flexibility index (Phi) is 6.63. The zero-order chi connectivity index (χ0) is 20.0. The van der Waals surface area contributed by atoms with Crippen LogP contribution in [0.2, 0.25) is 5.02 Å². The van der Waals surface area contributed by atoms with Crippen molar-refractivity contribution in [1.29, 1.82) is 0 Å². The van der Waals surface area contributed by atoms with E-state index in [1.165, 1.54) is 18.2 Å².